The van der Waals surface area contributed by atoms with E-state index >= 15 is 0 Å². The minimum absolute atomic E-state index is 0.102. The zero-order valence-electron chi connectivity index (χ0n) is 33.7. The molecule has 0 aliphatic heterocycles. The summed E-state index contributed by atoms with van der Waals surface area (Å²) in [6, 6.07) is 41.9. The van der Waals surface area contributed by atoms with E-state index in [9.17, 15) is 0 Å². The second-order valence-electron chi connectivity index (χ2n) is 15.7. The van der Waals surface area contributed by atoms with Gasteiger partial charge in [-0.1, -0.05) is 137 Å². The molecule has 5 rings (SSSR count). The first-order valence-corrected chi connectivity index (χ1v) is 24.3. The molecule has 0 aliphatic carbocycles. The van der Waals surface area contributed by atoms with Crippen molar-refractivity contribution < 1.29 is 28.1 Å². The number of ether oxygens (including phenoxy) is 5. The van der Waals surface area contributed by atoms with E-state index in [1.165, 1.54) is 10.4 Å². The molecule has 6 nitrogen and oxygen atoms in total. The molecular weight excluding hydrogens is 717 g/mol. The van der Waals surface area contributed by atoms with Crippen molar-refractivity contribution in [3.8, 4) is 28.7 Å². The third-order valence-corrected chi connectivity index (χ3v) is 15.1. The van der Waals surface area contributed by atoms with Crippen LogP contribution in [0.3, 0.4) is 0 Å². The Morgan fingerprint density at radius 3 is 1.84 bits per heavy atom. The van der Waals surface area contributed by atoms with Crippen molar-refractivity contribution in [2.45, 2.75) is 65.1 Å². The van der Waals surface area contributed by atoms with Crippen molar-refractivity contribution in [2.75, 3.05) is 34.2 Å². The second-order valence-corrected chi connectivity index (χ2v) is 24.7. The quantitative estimate of drug-likeness (QED) is 0.0407. The fraction of sp³-hybridized carbons (Fsp3) is 0.319. The molecule has 0 aromatic heterocycles. The van der Waals surface area contributed by atoms with Gasteiger partial charge in [-0.15, -0.1) is 5.54 Å². The number of rotatable bonds is 17. The zero-order valence-corrected chi connectivity index (χ0v) is 35.7. The molecule has 55 heavy (non-hydrogen) atoms. The Morgan fingerprint density at radius 2 is 1.25 bits per heavy atom. The number of hydrogen-bond donors (Lipinski definition) is 0. The van der Waals surface area contributed by atoms with Crippen molar-refractivity contribution in [3.63, 3.8) is 0 Å². The molecule has 0 N–H and O–H groups in total. The summed E-state index contributed by atoms with van der Waals surface area (Å²) in [6.07, 6.45) is 0.508. The summed E-state index contributed by atoms with van der Waals surface area (Å²) in [7, 11) is -1.09. The molecule has 0 amide bonds. The molecule has 0 unspecified atom stereocenters. The Bertz CT molecular complexity index is 1970. The van der Waals surface area contributed by atoms with E-state index in [0.29, 0.717) is 32.8 Å². The summed E-state index contributed by atoms with van der Waals surface area (Å²) < 4.78 is 37.3. The highest BCUT2D eigenvalue weighted by Gasteiger charge is 2.50. The third-order valence-electron chi connectivity index (χ3n) is 9.28. The van der Waals surface area contributed by atoms with Crippen LogP contribution in [0.2, 0.25) is 24.7 Å². The van der Waals surface area contributed by atoms with Gasteiger partial charge in [-0.25, -0.2) is 0 Å². The van der Waals surface area contributed by atoms with Crippen LogP contribution >= 0.6 is 0 Å². The summed E-state index contributed by atoms with van der Waals surface area (Å²) in [5.74, 6) is 5.64. The molecule has 288 valence electrons. The van der Waals surface area contributed by atoms with Crippen molar-refractivity contribution >= 4 is 26.8 Å². The maximum Gasteiger partial charge on any atom is 0.261 e. The van der Waals surface area contributed by atoms with E-state index in [1.54, 1.807) is 14.2 Å². The highest BCUT2D eigenvalue weighted by atomic mass is 28.4. The number of hydrogen-bond acceptors (Lipinski definition) is 6. The van der Waals surface area contributed by atoms with Gasteiger partial charge in [0.05, 0.1) is 26.9 Å². The van der Waals surface area contributed by atoms with Crippen LogP contribution in [0.5, 0.6) is 17.2 Å². The topological polar surface area (TPSA) is 55.4 Å². The Labute approximate surface area is 330 Å². The minimum atomic E-state index is -2.86. The fourth-order valence-electron chi connectivity index (χ4n) is 6.70. The summed E-state index contributed by atoms with van der Waals surface area (Å²) >= 11 is 0. The Morgan fingerprint density at radius 1 is 0.636 bits per heavy atom. The van der Waals surface area contributed by atoms with Gasteiger partial charge in [0.2, 0.25) is 0 Å². The molecule has 8 heteroatoms. The lowest BCUT2D eigenvalue weighted by molar-refractivity contribution is -0.00883. The zero-order chi connectivity index (χ0) is 39.3. The van der Waals surface area contributed by atoms with Crippen LogP contribution in [0.4, 0.5) is 0 Å². The molecule has 0 heterocycles. The molecule has 0 aliphatic rings. The van der Waals surface area contributed by atoms with Crippen molar-refractivity contribution in [1.82, 2.24) is 0 Å². The molecule has 0 saturated carbocycles. The van der Waals surface area contributed by atoms with E-state index in [4.69, 9.17) is 28.1 Å². The lowest BCUT2D eigenvalue weighted by Crippen LogP contribution is -2.66. The standard InChI is InChI=1S/C47H56O6Si2/c1-47(2,3)55(43-20-14-10-15-21-43,44-22-16-11-17-23-44)53-35-41-33-42(51-34-38-18-12-9-13-19-38)32-40(46(41)49-5)31-39-30-37(26-29-54(6,7)8)24-25-45(39)52-36-50-28-27-48-4/h9-25,30,32-33H,27-28,31,34-36H2,1-8H3. The highest BCUT2D eigenvalue weighted by Crippen LogP contribution is 2.40. The summed E-state index contributed by atoms with van der Waals surface area (Å²) in [5, 5.41) is 2.24. The van der Waals surface area contributed by atoms with Crippen LogP contribution in [0, 0.1) is 11.5 Å². The van der Waals surface area contributed by atoms with E-state index in [0.717, 1.165) is 45.1 Å². The minimum Gasteiger partial charge on any atom is -0.496 e. The lowest BCUT2D eigenvalue weighted by Gasteiger charge is -2.43. The van der Waals surface area contributed by atoms with Gasteiger partial charge in [-0.3, -0.25) is 0 Å². The lowest BCUT2D eigenvalue weighted by atomic mass is 9.98. The predicted molar refractivity (Wildman–Crippen MR) is 229 cm³/mol. The Hall–Kier alpha value is -4.63. The van der Waals surface area contributed by atoms with E-state index < -0.39 is 16.4 Å². The first kappa shape index (κ1) is 41.5. The van der Waals surface area contributed by atoms with Crippen LogP contribution in [0.1, 0.15) is 48.6 Å². The highest BCUT2D eigenvalue weighted by molar-refractivity contribution is 6.99. The van der Waals surface area contributed by atoms with Gasteiger partial charge in [-0.2, -0.15) is 0 Å². The Kier molecular flexibility index (Phi) is 14.6. The smallest absolute Gasteiger partial charge is 0.261 e. The average molecular weight is 773 g/mol. The fourth-order valence-corrected chi connectivity index (χ4v) is 11.7. The maximum absolute atomic E-state index is 7.45. The Balaban J connectivity index is 1.60. The number of methoxy groups -OCH3 is 2. The molecule has 0 bridgehead atoms. The van der Waals surface area contributed by atoms with Gasteiger partial charge in [0.15, 0.2) is 6.79 Å². The summed E-state index contributed by atoms with van der Waals surface area (Å²) in [5.41, 5.74) is 8.37. The van der Waals surface area contributed by atoms with Gasteiger partial charge < -0.3 is 28.1 Å². The second kappa shape index (κ2) is 19.3. The van der Waals surface area contributed by atoms with Crippen LogP contribution in [-0.4, -0.2) is 50.6 Å². The largest absolute Gasteiger partial charge is 0.496 e. The predicted octanol–water partition coefficient (Wildman–Crippen LogP) is 9.17. The third kappa shape index (κ3) is 11.2. The first-order chi connectivity index (χ1) is 26.4. The van der Waals surface area contributed by atoms with Crippen LogP contribution < -0.4 is 24.6 Å². The van der Waals surface area contributed by atoms with Crippen LogP contribution in [0.15, 0.2) is 121 Å². The maximum atomic E-state index is 7.45. The molecule has 0 atom stereocenters. The van der Waals surface area contributed by atoms with Gasteiger partial charge >= 0.3 is 0 Å². The monoisotopic (exact) mass is 772 g/mol. The van der Waals surface area contributed by atoms with Crippen LogP contribution in [0.25, 0.3) is 0 Å². The van der Waals surface area contributed by atoms with Gasteiger partial charge in [0, 0.05) is 30.2 Å². The van der Waals surface area contributed by atoms with Gasteiger partial charge in [-0.05, 0) is 56.9 Å². The summed E-state index contributed by atoms with van der Waals surface area (Å²) in [6.45, 7) is 15.4. The molecule has 5 aromatic carbocycles. The SMILES string of the molecule is COCCOCOc1ccc(C#C[Si](C)(C)C)cc1Cc1cc(OCc2ccccc2)cc(CO[Si](c2ccccc2)(c2ccccc2)C(C)(C)C)c1OC. The molecule has 0 spiro atoms. The van der Waals surface area contributed by atoms with E-state index in [2.05, 4.69) is 143 Å². The molecule has 0 radical (unpaired) electrons. The van der Waals surface area contributed by atoms with E-state index in [1.807, 2.05) is 30.3 Å². The molecule has 0 saturated heterocycles. The summed E-state index contributed by atoms with van der Waals surface area (Å²) in [4.78, 5) is 0. The van der Waals surface area contributed by atoms with E-state index in [-0.39, 0.29) is 11.8 Å². The van der Waals surface area contributed by atoms with Gasteiger partial charge in [0.1, 0.15) is 31.9 Å². The normalized spacial score (nSPS) is 11.8. The number of benzene rings is 5. The molecule has 5 aromatic rings. The van der Waals surface area contributed by atoms with Crippen molar-refractivity contribution in [2.24, 2.45) is 0 Å². The van der Waals surface area contributed by atoms with Crippen molar-refractivity contribution in [3.05, 3.63) is 149 Å². The van der Waals surface area contributed by atoms with Gasteiger partial charge in [0.25, 0.3) is 8.32 Å². The van der Waals surface area contributed by atoms with Crippen molar-refractivity contribution in [1.29, 1.82) is 0 Å². The first-order valence-electron chi connectivity index (χ1n) is 18.9. The van der Waals surface area contributed by atoms with Crippen LogP contribution in [-0.2, 0) is 33.5 Å². The molecule has 0 fully saturated rings. The average Bonchev–Trinajstić information content (AvgIpc) is 3.17. The molecular formula is C47H56O6Si2.